The van der Waals surface area contributed by atoms with Crippen molar-refractivity contribution in [2.45, 2.75) is 35.5 Å². The Kier molecular flexibility index (Phi) is 21.2. The van der Waals surface area contributed by atoms with Crippen LogP contribution in [0.4, 0.5) is 0 Å². The maximum atomic E-state index is 5.73. The fourth-order valence-electron chi connectivity index (χ4n) is 3.24. The summed E-state index contributed by atoms with van der Waals surface area (Å²) in [7, 11) is 5.89. The van der Waals surface area contributed by atoms with Gasteiger partial charge in [-0.05, 0) is 74.2 Å². The van der Waals surface area contributed by atoms with E-state index in [4.69, 9.17) is 97.2 Å². The second-order valence-corrected chi connectivity index (χ2v) is 16.8. The van der Waals surface area contributed by atoms with Crippen LogP contribution in [0.2, 0.25) is 0 Å². The third-order valence-electron chi connectivity index (χ3n) is 5.30. The van der Waals surface area contributed by atoms with Crippen molar-refractivity contribution in [2.24, 2.45) is 0 Å². The quantitative estimate of drug-likeness (QED) is 0.0844. The molecule has 0 saturated carbocycles. The van der Waals surface area contributed by atoms with Gasteiger partial charge in [0, 0.05) is 85.4 Å². The molecule has 0 radical (unpaired) electrons. The van der Waals surface area contributed by atoms with Gasteiger partial charge < -0.3 is 27.1 Å². The average Bonchev–Trinajstić information content (AvgIpc) is 2.99. The number of alkyl halides is 4. The molecule has 232 valence electrons. The normalized spacial score (nSPS) is 11.4. The fraction of sp³-hybridized carbons (Fsp3) is 0.462. The lowest BCUT2D eigenvalue weighted by Crippen LogP contribution is -1.97. The standard InChI is InChI=1S/C16H20O6P2S3.C10H16Cl4/c1-17-23(25,18-2)21-13-5-9-15(10-6-13)27-16-11-7-14(8-12-16)22-24(26,19-3)20-4;11-5-1-9(2-6-12)10(3-7-13)4-8-14/h5-12H,1-4H3;1-8H2. The van der Waals surface area contributed by atoms with Gasteiger partial charge in [-0.25, -0.2) is 0 Å². The molecule has 0 saturated heterocycles. The van der Waals surface area contributed by atoms with E-state index in [0.29, 0.717) is 35.0 Å². The number of hydrogen-bond donors (Lipinski definition) is 0. The van der Waals surface area contributed by atoms with Crippen molar-refractivity contribution in [3.05, 3.63) is 59.7 Å². The first-order chi connectivity index (χ1) is 19.6. The summed E-state index contributed by atoms with van der Waals surface area (Å²) in [5, 5.41) is 0. The van der Waals surface area contributed by atoms with Crippen LogP contribution in [0.15, 0.2) is 69.5 Å². The third kappa shape index (κ3) is 15.3. The molecule has 15 heteroatoms. The minimum Gasteiger partial charge on any atom is -0.424 e. The van der Waals surface area contributed by atoms with E-state index in [1.165, 1.54) is 39.6 Å². The molecule has 2 aromatic rings. The second kappa shape index (κ2) is 22.0. The predicted octanol–water partition coefficient (Wildman–Crippen LogP) is 10.4. The topological polar surface area (TPSA) is 55.4 Å². The molecule has 0 aliphatic carbocycles. The van der Waals surface area contributed by atoms with Crippen LogP contribution in [-0.4, -0.2) is 52.0 Å². The Hall–Kier alpha value is 0.430. The largest absolute Gasteiger partial charge is 0.424 e. The van der Waals surface area contributed by atoms with Crippen LogP contribution in [0.25, 0.3) is 0 Å². The lowest BCUT2D eigenvalue weighted by Gasteiger charge is -2.18. The molecule has 0 atom stereocenters. The van der Waals surface area contributed by atoms with E-state index in [1.54, 1.807) is 11.8 Å². The van der Waals surface area contributed by atoms with Gasteiger partial charge in [-0.15, -0.1) is 46.4 Å². The zero-order valence-electron chi connectivity index (χ0n) is 23.4. The van der Waals surface area contributed by atoms with Crippen molar-refractivity contribution in [3.8, 4) is 11.5 Å². The van der Waals surface area contributed by atoms with Gasteiger partial charge in [0.1, 0.15) is 11.5 Å². The Morgan fingerprint density at radius 1 is 0.561 bits per heavy atom. The second-order valence-electron chi connectivity index (χ2n) is 7.82. The number of rotatable bonds is 18. The maximum Gasteiger partial charge on any atom is 0.380 e. The minimum atomic E-state index is -2.73. The van der Waals surface area contributed by atoms with Crippen LogP contribution in [0.1, 0.15) is 25.7 Å². The summed E-state index contributed by atoms with van der Waals surface area (Å²) in [5.41, 5.74) is 2.69. The first-order valence-corrected chi connectivity index (χ1v) is 20.4. The van der Waals surface area contributed by atoms with Crippen LogP contribution < -0.4 is 9.05 Å². The molecule has 41 heavy (non-hydrogen) atoms. The molecular weight excluding hydrogens is 708 g/mol. The summed E-state index contributed by atoms with van der Waals surface area (Å²) >= 11 is 34.9. The average molecular weight is 745 g/mol. The van der Waals surface area contributed by atoms with Crippen molar-refractivity contribution in [1.82, 2.24) is 0 Å². The van der Waals surface area contributed by atoms with Crippen LogP contribution in [-0.2, 0) is 41.7 Å². The first-order valence-electron chi connectivity index (χ1n) is 12.3. The van der Waals surface area contributed by atoms with E-state index >= 15 is 0 Å². The molecular formula is C26H36Cl4O6P2S3. The minimum absolute atomic E-state index is 0.597. The van der Waals surface area contributed by atoms with E-state index in [-0.39, 0.29) is 0 Å². The molecule has 0 bridgehead atoms. The molecule has 0 spiro atoms. The van der Waals surface area contributed by atoms with E-state index in [9.17, 15) is 0 Å². The molecule has 0 N–H and O–H groups in total. The molecule has 0 aliphatic rings. The molecule has 0 amide bonds. The van der Waals surface area contributed by atoms with Gasteiger partial charge >= 0.3 is 13.4 Å². The van der Waals surface area contributed by atoms with E-state index in [0.717, 1.165) is 35.5 Å². The molecule has 2 rings (SSSR count). The van der Waals surface area contributed by atoms with Crippen LogP contribution >= 0.6 is 71.6 Å². The lowest BCUT2D eigenvalue weighted by molar-refractivity contribution is 0.272. The highest BCUT2D eigenvalue weighted by Gasteiger charge is 2.19. The van der Waals surface area contributed by atoms with Crippen LogP contribution in [0.5, 0.6) is 11.5 Å². The van der Waals surface area contributed by atoms with Gasteiger partial charge in [0.25, 0.3) is 0 Å². The van der Waals surface area contributed by atoms with Gasteiger partial charge in [0.05, 0.1) is 0 Å². The Bertz CT molecular complexity index is 1020. The van der Waals surface area contributed by atoms with E-state index in [2.05, 4.69) is 0 Å². The third-order valence-corrected chi connectivity index (χ3v) is 12.0. The summed E-state index contributed by atoms with van der Waals surface area (Å²) in [4.78, 5) is 2.08. The zero-order chi connectivity index (χ0) is 30.7. The summed E-state index contributed by atoms with van der Waals surface area (Å²) in [6.07, 6.45) is 3.60. The monoisotopic (exact) mass is 742 g/mol. The lowest BCUT2D eigenvalue weighted by atomic mass is 9.99. The highest BCUT2D eigenvalue weighted by molar-refractivity contribution is 8.08. The Balaban J connectivity index is 0.000000509. The summed E-state index contributed by atoms with van der Waals surface area (Å²) in [6, 6.07) is 15.0. The number of benzene rings is 2. The maximum absolute atomic E-state index is 5.73. The van der Waals surface area contributed by atoms with Gasteiger partial charge in [0.15, 0.2) is 0 Å². The summed E-state index contributed by atoms with van der Waals surface area (Å²) in [6.45, 7) is -5.45. The van der Waals surface area contributed by atoms with Gasteiger partial charge in [0.2, 0.25) is 0 Å². The van der Waals surface area contributed by atoms with Crippen LogP contribution in [0, 0.1) is 0 Å². The zero-order valence-corrected chi connectivity index (χ0v) is 30.6. The van der Waals surface area contributed by atoms with E-state index in [1.807, 2.05) is 48.5 Å². The smallest absolute Gasteiger partial charge is 0.380 e. The molecule has 0 aliphatic heterocycles. The van der Waals surface area contributed by atoms with Crippen molar-refractivity contribution < 1.29 is 27.1 Å². The molecule has 0 aromatic heterocycles. The SMILES string of the molecule is COP(=S)(OC)Oc1ccc(Sc2ccc(OP(=S)(OC)OC)cc2)cc1.ClCCC(CCCl)=C(CCCl)CCCl. The number of halogens is 4. The molecule has 0 heterocycles. The Morgan fingerprint density at radius 3 is 1.05 bits per heavy atom. The Morgan fingerprint density at radius 2 is 0.829 bits per heavy atom. The number of hydrogen-bond acceptors (Lipinski definition) is 9. The van der Waals surface area contributed by atoms with Crippen LogP contribution in [0.3, 0.4) is 0 Å². The van der Waals surface area contributed by atoms with Gasteiger partial charge in [-0.1, -0.05) is 22.9 Å². The van der Waals surface area contributed by atoms with Crippen molar-refractivity contribution in [3.63, 3.8) is 0 Å². The molecule has 0 fully saturated rings. The summed E-state index contributed by atoms with van der Waals surface area (Å²) in [5.74, 6) is 3.75. The van der Waals surface area contributed by atoms with E-state index < -0.39 is 13.4 Å². The Labute approximate surface area is 279 Å². The highest BCUT2D eigenvalue weighted by Crippen LogP contribution is 2.49. The predicted molar refractivity (Wildman–Crippen MR) is 183 cm³/mol. The number of allylic oxidation sites excluding steroid dienone is 2. The highest BCUT2D eigenvalue weighted by atomic mass is 35.5. The van der Waals surface area contributed by atoms with Crippen molar-refractivity contribution in [1.29, 1.82) is 0 Å². The van der Waals surface area contributed by atoms with Gasteiger partial charge in [-0.2, -0.15) is 0 Å². The summed E-state index contributed by atoms with van der Waals surface area (Å²) < 4.78 is 31.7. The van der Waals surface area contributed by atoms with Crippen molar-refractivity contribution in [2.75, 3.05) is 52.0 Å². The molecule has 2 aromatic carbocycles. The first kappa shape index (κ1) is 39.5. The van der Waals surface area contributed by atoms with Gasteiger partial charge in [-0.3, -0.25) is 0 Å². The molecule has 0 unspecified atom stereocenters. The fourth-order valence-corrected chi connectivity index (χ4v) is 6.84. The molecule has 6 nitrogen and oxygen atoms in total. The van der Waals surface area contributed by atoms with Crippen molar-refractivity contribution >= 4 is 95.2 Å².